The lowest BCUT2D eigenvalue weighted by molar-refractivity contribution is -0.294. The van der Waals surface area contributed by atoms with E-state index in [2.05, 4.69) is 9.97 Å². The van der Waals surface area contributed by atoms with Crippen LogP contribution in [-0.2, 0) is 41.0 Å². The number of aliphatic hydroxyl groups excluding tert-OH is 4. The molecule has 0 radical (unpaired) electrons. The van der Waals surface area contributed by atoms with Crippen molar-refractivity contribution in [1.29, 1.82) is 0 Å². The second kappa shape index (κ2) is 12.7. The minimum absolute atomic E-state index is 0.00602. The molecule has 4 N–H and O–H groups in total. The van der Waals surface area contributed by atoms with Gasteiger partial charge in [-0.05, 0) is 35.4 Å². The number of aliphatic hydroxyl groups is 4. The van der Waals surface area contributed by atoms with Gasteiger partial charge in [-0.2, -0.15) is 0 Å². The Morgan fingerprint density at radius 3 is 1.93 bits per heavy atom. The van der Waals surface area contributed by atoms with Crippen molar-refractivity contribution in [2.24, 2.45) is 0 Å². The minimum Gasteiger partial charge on any atom is -0.388 e. The van der Waals surface area contributed by atoms with E-state index in [0.29, 0.717) is 24.0 Å². The number of hydrogen-bond acceptors (Lipinski definition) is 15. The smallest absolute Gasteiger partial charge is 0.388 e. The van der Waals surface area contributed by atoms with Gasteiger partial charge in [-0.15, -0.1) is 0 Å². The summed E-state index contributed by atoms with van der Waals surface area (Å²) in [4.78, 5) is 7.86. The summed E-state index contributed by atoms with van der Waals surface area (Å²) in [6.07, 6.45) is -5.12. The van der Waals surface area contributed by atoms with Crippen LogP contribution >= 0.6 is 15.6 Å². The van der Waals surface area contributed by atoms with E-state index in [-0.39, 0.29) is 13.2 Å². The van der Waals surface area contributed by atoms with E-state index in [0.717, 1.165) is 0 Å². The monoisotopic (exact) mass is 604 g/mol. The van der Waals surface area contributed by atoms with Crippen LogP contribution in [-0.4, -0.2) is 87.0 Å². The maximum Gasteiger partial charge on any atom is 0.477 e. The lowest BCUT2D eigenvalue weighted by Crippen LogP contribution is -2.61. The fraction of sp³-hybridized carbons (Fsp3) is 0.565. The van der Waals surface area contributed by atoms with Gasteiger partial charge in [0.1, 0.15) is 30.5 Å². The van der Waals surface area contributed by atoms with Crippen molar-refractivity contribution in [2.75, 3.05) is 19.8 Å². The predicted molar refractivity (Wildman–Crippen MR) is 132 cm³/mol. The van der Waals surface area contributed by atoms with Gasteiger partial charge in [-0.25, -0.2) is 9.13 Å². The third-order valence-electron chi connectivity index (χ3n) is 6.55. The highest BCUT2D eigenvalue weighted by Gasteiger charge is 2.51. The molecule has 3 fully saturated rings. The van der Waals surface area contributed by atoms with E-state index in [4.69, 9.17) is 31.9 Å². The number of hydrogen-bond donors (Lipinski definition) is 4. The van der Waals surface area contributed by atoms with Crippen LogP contribution in [0.2, 0.25) is 0 Å². The van der Waals surface area contributed by atoms with Gasteiger partial charge in [-0.3, -0.25) is 37.1 Å². The van der Waals surface area contributed by atoms with Crippen LogP contribution in [0.15, 0.2) is 49.1 Å². The largest absolute Gasteiger partial charge is 0.477 e. The molecule has 15 nitrogen and oxygen atoms in total. The van der Waals surface area contributed by atoms with Crippen LogP contribution in [0.5, 0.6) is 0 Å². The molecular weight excluding hydrogens is 574 g/mol. The Morgan fingerprint density at radius 1 is 0.825 bits per heavy atom. The molecule has 40 heavy (non-hydrogen) atoms. The number of nitrogens with zero attached hydrogens (tertiary/aromatic N) is 2. The molecule has 1 unspecified atom stereocenters. The summed E-state index contributed by atoms with van der Waals surface area (Å²) in [6, 6.07) is 6.73. The summed E-state index contributed by atoms with van der Waals surface area (Å²) in [7, 11) is -8.46. The summed E-state index contributed by atoms with van der Waals surface area (Å²) < 4.78 is 63.9. The first kappa shape index (κ1) is 29.8. The molecule has 0 aliphatic carbocycles. The van der Waals surface area contributed by atoms with Crippen molar-refractivity contribution < 1.29 is 61.4 Å². The first-order chi connectivity index (χ1) is 19.2. The van der Waals surface area contributed by atoms with Crippen molar-refractivity contribution in [1.82, 2.24) is 9.97 Å². The molecule has 3 aliphatic rings. The second-order valence-corrected chi connectivity index (χ2v) is 12.5. The van der Waals surface area contributed by atoms with Crippen LogP contribution in [0.4, 0.5) is 0 Å². The Labute approximate surface area is 229 Å². The van der Waals surface area contributed by atoms with Gasteiger partial charge in [-0.1, -0.05) is 0 Å². The van der Waals surface area contributed by atoms with Gasteiger partial charge in [0.05, 0.1) is 32.0 Å². The number of phosphoric ester groups is 2. The molecule has 0 amide bonds. The highest BCUT2D eigenvalue weighted by atomic mass is 31.2. The van der Waals surface area contributed by atoms with Gasteiger partial charge in [0.25, 0.3) is 0 Å². The van der Waals surface area contributed by atoms with E-state index in [9.17, 15) is 29.6 Å². The quantitative estimate of drug-likeness (QED) is 0.316. The topological polar surface area (TPSA) is 205 Å². The summed E-state index contributed by atoms with van der Waals surface area (Å²) >= 11 is 0. The van der Waals surface area contributed by atoms with Crippen molar-refractivity contribution in [3.8, 4) is 0 Å². The van der Waals surface area contributed by atoms with Gasteiger partial charge in [0.2, 0.25) is 0 Å². The van der Waals surface area contributed by atoms with Crippen molar-refractivity contribution in [3.05, 3.63) is 60.2 Å². The lowest BCUT2D eigenvalue weighted by atomic mass is 9.96. The summed E-state index contributed by atoms with van der Waals surface area (Å²) in [6.45, 7) is -0.667. The maximum atomic E-state index is 13.2. The molecule has 3 saturated heterocycles. The highest BCUT2D eigenvalue weighted by molar-refractivity contribution is 7.48. The standard InChI is InChI=1S/C23H30N2O13P2/c26-16(13-34-39(30)32-11-5-17(36-39)14-1-7-24-8-2-14)22-20(28)19(27)21(29)23(35-22)38-40(31)33-12-6-18(37-40)15-3-9-25-10-4-15/h1-4,7-10,16-23,26-29H,5-6,11-13H2/t16?,17-,18+,19-,20-,21-,22+,23-,39+,40+/m0/s1. The van der Waals surface area contributed by atoms with E-state index >= 15 is 0 Å². The zero-order valence-electron chi connectivity index (χ0n) is 21.0. The normalized spacial score (nSPS) is 39.5. The van der Waals surface area contributed by atoms with Crippen molar-refractivity contribution in [3.63, 3.8) is 0 Å². The second-order valence-electron chi connectivity index (χ2n) is 9.30. The van der Waals surface area contributed by atoms with Crippen LogP contribution in [0, 0.1) is 0 Å². The molecular formula is C23H30N2O13P2. The molecule has 5 heterocycles. The van der Waals surface area contributed by atoms with E-state index in [1.165, 1.54) is 12.4 Å². The molecule has 0 bridgehead atoms. The molecule has 0 saturated carbocycles. The van der Waals surface area contributed by atoms with E-state index in [1.54, 1.807) is 36.7 Å². The zero-order valence-corrected chi connectivity index (χ0v) is 22.8. The SMILES string of the molecule is O=[P@]1(OCC(O)[C@H]2O[C@@H](O[P@]3(=O)OCC[C@H](c4ccncc4)O3)[C@@H](O)[C@@H](O)[C@@H]2O)OCC[C@@H](c2ccncc2)O1. The fourth-order valence-electron chi connectivity index (χ4n) is 4.42. The van der Waals surface area contributed by atoms with E-state index < -0.39 is 71.3 Å². The third kappa shape index (κ3) is 6.85. The van der Waals surface area contributed by atoms with Gasteiger partial charge >= 0.3 is 15.6 Å². The Kier molecular flexibility index (Phi) is 9.44. The predicted octanol–water partition coefficient (Wildman–Crippen LogP) is 1.55. The molecule has 3 aliphatic heterocycles. The number of rotatable bonds is 8. The number of ether oxygens (including phenoxy) is 1. The Balaban J connectivity index is 1.21. The minimum atomic E-state index is -4.33. The van der Waals surface area contributed by atoms with Crippen LogP contribution in [0.25, 0.3) is 0 Å². The molecule has 220 valence electrons. The highest BCUT2D eigenvalue weighted by Crippen LogP contribution is 2.59. The molecule has 2 aromatic rings. The van der Waals surface area contributed by atoms with Gasteiger partial charge in [0, 0.05) is 37.6 Å². The molecule has 5 rings (SSSR count). The lowest BCUT2D eigenvalue weighted by Gasteiger charge is -2.43. The first-order valence-electron chi connectivity index (χ1n) is 12.5. The van der Waals surface area contributed by atoms with Crippen LogP contribution in [0.3, 0.4) is 0 Å². The zero-order chi connectivity index (χ0) is 28.3. The molecule has 0 spiro atoms. The Morgan fingerprint density at radius 2 is 1.35 bits per heavy atom. The van der Waals surface area contributed by atoms with Gasteiger partial charge < -0.3 is 25.2 Å². The van der Waals surface area contributed by atoms with Crippen LogP contribution < -0.4 is 0 Å². The molecule has 0 aromatic carbocycles. The summed E-state index contributed by atoms with van der Waals surface area (Å²) in [5, 5.41) is 42.0. The van der Waals surface area contributed by atoms with Crippen LogP contribution in [0.1, 0.15) is 36.2 Å². The Bertz CT molecular complexity index is 1210. The summed E-state index contributed by atoms with van der Waals surface area (Å²) in [5.74, 6) is 0. The first-order valence-corrected chi connectivity index (χ1v) is 15.4. The molecule has 2 aromatic heterocycles. The number of pyridine rings is 2. The molecule has 10 atom stereocenters. The number of phosphoric acid groups is 2. The average molecular weight is 604 g/mol. The molecule has 17 heteroatoms. The van der Waals surface area contributed by atoms with E-state index in [1.807, 2.05) is 0 Å². The van der Waals surface area contributed by atoms with Crippen molar-refractivity contribution in [2.45, 2.75) is 61.9 Å². The van der Waals surface area contributed by atoms with Crippen molar-refractivity contribution >= 4 is 15.6 Å². The average Bonchev–Trinajstić information content (AvgIpc) is 2.97. The fourth-order valence-corrected chi connectivity index (χ4v) is 7.29. The third-order valence-corrected chi connectivity index (χ3v) is 9.50. The maximum absolute atomic E-state index is 13.2. The Hall–Kier alpha value is -1.68. The van der Waals surface area contributed by atoms with Gasteiger partial charge in [0.15, 0.2) is 6.29 Å². The summed E-state index contributed by atoms with van der Waals surface area (Å²) in [5.41, 5.74) is 1.38. The number of aromatic nitrogens is 2.